The van der Waals surface area contributed by atoms with Crippen molar-refractivity contribution in [2.24, 2.45) is 0 Å². The van der Waals surface area contributed by atoms with Crippen LogP contribution in [-0.4, -0.2) is 36.6 Å². The molecule has 1 aliphatic heterocycles. The number of benzene rings is 1. The van der Waals surface area contributed by atoms with Crippen molar-refractivity contribution in [3.8, 4) is 0 Å². The van der Waals surface area contributed by atoms with E-state index in [2.05, 4.69) is 5.32 Å². The van der Waals surface area contributed by atoms with Gasteiger partial charge in [0.25, 0.3) is 0 Å². The molecule has 0 fully saturated rings. The lowest BCUT2D eigenvalue weighted by Gasteiger charge is -2.29. The smallest absolute Gasteiger partial charge is 0.344 e. The summed E-state index contributed by atoms with van der Waals surface area (Å²) >= 11 is 0. The average Bonchev–Trinajstić information content (AvgIpc) is 2.42. The molecule has 20 heavy (non-hydrogen) atoms. The fraction of sp³-hybridized carbons (Fsp3) is 0.500. The van der Waals surface area contributed by atoms with Crippen LogP contribution < -0.4 is 5.32 Å². The predicted molar refractivity (Wildman–Crippen MR) is 69.1 cm³/mol. The van der Waals surface area contributed by atoms with Crippen LogP contribution in [0.15, 0.2) is 24.3 Å². The highest BCUT2D eigenvalue weighted by Crippen LogP contribution is 2.21. The van der Waals surface area contributed by atoms with E-state index in [0.29, 0.717) is 13.0 Å². The molecule has 0 aliphatic carbocycles. The van der Waals surface area contributed by atoms with Gasteiger partial charge in [-0.3, -0.25) is 4.79 Å². The number of nitrogens with one attached hydrogen (secondary N) is 1. The highest BCUT2D eigenvalue weighted by Gasteiger charge is 2.30. The van der Waals surface area contributed by atoms with Crippen LogP contribution in [0, 0.1) is 0 Å². The molecule has 0 radical (unpaired) electrons. The van der Waals surface area contributed by atoms with Gasteiger partial charge in [-0.05, 0) is 17.5 Å². The maximum absolute atomic E-state index is 12.2. The first kappa shape index (κ1) is 14.8. The normalized spacial score (nSPS) is 18.5. The number of hydrogen-bond acceptors (Lipinski definition) is 2. The number of alkyl halides is 3. The molecule has 1 heterocycles. The molecule has 1 amide bonds. The van der Waals surface area contributed by atoms with Crippen LogP contribution in [0.3, 0.4) is 0 Å². The lowest BCUT2D eigenvalue weighted by Crippen LogP contribution is -2.48. The first-order valence-electron chi connectivity index (χ1n) is 6.49. The monoisotopic (exact) mass is 286 g/mol. The predicted octanol–water partition coefficient (Wildman–Crippen LogP) is 2.11. The largest absolute Gasteiger partial charge is 0.390 e. The van der Waals surface area contributed by atoms with Crippen molar-refractivity contribution in [3.05, 3.63) is 35.4 Å². The molecule has 1 aromatic carbocycles. The molecule has 0 bridgehead atoms. The van der Waals surface area contributed by atoms with E-state index < -0.39 is 18.6 Å². The van der Waals surface area contributed by atoms with Crippen molar-refractivity contribution >= 4 is 5.91 Å². The number of likely N-dealkylation sites (N-methyl/N-ethyl adjacent to an activating group) is 1. The minimum atomic E-state index is -4.23. The third-order valence-corrected chi connectivity index (χ3v) is 3.49. The van der Waals surface area contributed by atoms with Gasteiger partial charge in [0, 0.05) is 20.1 Å². The van der Waals surface area contributed by atoms with E-state index >= 15 is 0 Å². The molecule has 0 spiro atoms. The van der Waals surface area contributed by atoms with E-state index in [1.165, 1.54) is 7.05 Å². The summed E-state index contributed by atoms with van der Waals surface area (Å²) < 4.78 is 36.5. The molecule has 1 N–H and O–H groups in total. The molecule has 0 saturated heterocycles. The van der Waals surface area contributed by atoms with Crippen LogP contribution >= 0.6 is 0 Å². The van der Waals surface area contributed by atoms with Gasteiger partial charge in [0.2, 0.25) is 5.91 Å². The Labute approximate surface area is 115 Å². The van der Waals surface area contributed by atoms with Crippen molar-refractivity contribution in [2.45, 2.75) is 31.6 Å². The number of rotatable bonds is 3. The number of amides is 1. The van der Waals surface area contributed by atoms with Crippen molar-refractivity contribution in [1.29, 1.82) is 0 Å². The Kier molecular flexibility index (Phi) is 4.32. The van der Waals surface area contributed by atoms with Gasteiger partial charge in [-0.1, -0.05) is 24.3 Å². The molecule has 1 atom stereocenters. The number of halogens is 3. The quantitative estimate of drug-likeness (QED) is 0.923. The van der Waals surface area contributed by atoms with E-state index in [0.717, 1.165) is 16.0 Å². The molecular weight excluding hydrogens is 269 g/mol. The summed E-state index contributed by atoms with van der Waals surface area (Å²) in [5, 5.41) is 3.08. The first-order chi connectivity index (χ1) is 9.37. The van der Waals surface area contributed by atoms with E-state index in [-0.39, 0.29) is 12.5 Å². The van der Waals surface area contributed by atoms with Crippen molar-refractivity contribution in [2.75, 3.05) is 13.6 Å². The molecule has 3 nitrogen and oxygen atoms in total. The van der Waals surface area contributed by atoms with Gasteiger partial charge in [-0.15, -0.1) is 0 Å². The summed E-state index contributed by atoms with van der Waals surface area (Å²) in [6, 6.07) is 7.32. The minimum absolute atomic E-state index is 0.288. The van der Waals surface area contributed by atoms with Gasteiger partial charge < -0.3 is 10.2 Å². The van der Waals surface area contributed by atoms with Gasteiger partial charge in [0.15, 0.2) is 0 Å². The Morgan fingerprint density at radius 1 is 1.35 bits per heavy atom. The van der Waals surface area contributed by atoms with Crippen molar-refractivity contribution in [3.63, 3.8) is 0 Å². The summed E-state index contributed by atoms with van der Waals surface area (Å²) in [6.07, 6.45) is -4.69. The Balaban J connectivity index is 1.94. The fourth-order valence-electron chi connectivity index (χ4n) is 2.30. The Morgan fingerprint density at radius 2 is 2.00 bits per heavy atom. The summed E-state index contributed by atoms with van der Waals surface area (Å²) in [4.78, 5) is 13.3. The van der Waals surface area contributed by atoms with E-state index in [4.69, 9.17) is 0 Å². The SMILES string of the molecule is CN(CCC(F)(F)F)C(=O)[C@@H]1Cc2ccccc2CN1. The molecule has 2 rings (SSSR count). The summed E-state index contributed by atoms with van der Waals surface area (Å²) in [5.74, 6) is -0.288. The topological polar surface area (TPSA) is 32.3 Å². The third-order valence-electron chi connectivity index (χ3n) is 3.49. The zero-order valence-electron chi connectivity index (χ0n) is 11.2. The Bertz CT molecular complexity index is 488. The molecular formula is C14H17F3N2O. The molecule has 0 unspecified atom stereocenters. The van der Waals surface area contributed by atoms with Crippen LogP contribution in [-0.2, 0) is 17.8 Å². The first-order valence-corrected chi connectivity index (χ1v) is 6.49. The van der Waals surface area contributed by atoms with Crippen LogP contribution in [0.25, 0.3) is 0 Å². The summed E-state index contributed by atoms with van der Waals surface area (Å²) in [5.41, 5.74) is 2.21. The maximum atomic E-state index is 12.2. The van der Waals surface area contributed by atoms with Crippen LogP contribution in [0.2, 0.25) is 0 Å². The lowest BCUT2D eigenvalue weighted by atomic mass is 9.95. The second-order valence-electron chi connectivity index (χ2n) is 5.03. The minimum Gasteiger partial charge on any atom is -0.344 e. The number of fused-ring (bicyclic) bond motifs is 1. The number of hydrogen-bond donors (Lipinski definition) is 1. The van der Waals surface area contributed by atoms with E-state index in [1.807, 2.05) is 24.3 Å². The molecule has 1 aromatic rings. The second kappa shape index (κ2) is 5.83. The Hall–Kier alpha value is -1.56. The highest BCUT2D eigenvalue weighted by atomic mass is 19.4. The van der Waals surface area contributed by atoms with Crippen molar-refractivity contribution < 1.29 is 18.0 Å². The van der Waals surface area contributed by atoms with Gasteiger partial charge in [0.1, 0.15) is 0 Å². The molecule has 1 aliphatic rings. The summed E-state index contributed by atoms with van der Waals surface area (Å²) in [7, 11) is 1.41. The van der Waals surface area contributed by atoms with Crippen LogP contribution in [0.5, 0.6) is 0 Å². The Morgan fingerprint density at radius 3 is 2.65 bits per heavy atom. The standard InChI is InChI=1S/C14H17F3N2O/c1-19(7-6-14(15,16)17)13(20)12-8-10-4-2-3-5-11(10)9-18-12/h2-5,12,18H,6-9H2,1H3/t12-/m0/s1. The van der Waals surface area contributed by atoms with E-state index in [9.17, 15) is 18.0 Å². The van der Waals surface area contributed by atoms with E-state index in [1.54, 1.807) is 0 Å². The fourth-order valence-corrected chi connectivity index (χ4v) is 2.30. The van der Waals surface area contributed by atoms with Gasteiger partial charge in [0.05, 0.1) is 12.5 Å². The molecule has 110 valence electrons. The highest BCUT2D eigenvalue weighted by molar-refractivity contribution is 5.82. The average molecular weight is 286 g/mol. The number of carbonyl (C=O) groups excluding carboxylic acids is 1. The lowest BCUT2D eigenvalue weighted by molar-refractivity contribution is -0.145. The summed E-state index contributed by atoms with van der Waals surface area (Å²) in [6.45, 7) is 0.266. The maximum Gasteiger partial charge on any atom is 0.390 e. The zero-order valence-corrected chi connectivity index (χ0v) is 11.2. The zero-order chi connectivity index (χ0) is 14.8. The molecule has 0 aromatic heterocycles. The number of nitrogens with zero attached hydrogens (tertiary/aromatic N) is 1. The van der Waals surface area contributed by atoms with Gasteiger partial charge >= 0.3 is 6.18 Å². The van der Waals surface area contributed by atoms with Crippen LogP contribution in [0.1, 0.15) is 17.5 Å². The second-order valence-corrected chi connectivity index (χ2v) is 5.03. The number of carbonyl (C=O) groups is 1. The molecule has 0 saturated carbocycles. The van der Waals surface area contributed by atoms with Crippen molar-refractivity contribution in [1.82, 2.24) is 10.2 Å². The van der Waals surface area contributed by atoms with Gasteiger partial charge in [-0.25, -0.2) is 0 Å². The van der Waals surface area contributed by atoms with Crippen LogP contribution in [0.4, 0.5) is 13.2 Å². The third kappa shape index (κ3) is 3.72. The molecule has 6 heteroatoms. The van der Waals surface area contributed by atoms with Gasteiger partial charge in [-0.2, -0.15) is 13.2 Å².